The second-order valence-electron chi connectivity index (χ2n) is 6.63. The molecule has 5 nitrogen and oxygen atoms in total. The van der Waals surface area contributed by atoms with Crippen molar-refractivity contribution in [1.82, 2.24) is 14.5 Å². The molecule has 0 unspecified atom stereocenters. The van der Waals surface area contributed by atoms with Gasteiger partial charge in [0.05, 0.1) is 6.54 Å². The molecule has 26 heavy (non-hydrogen) atoms. The smallest absolute Gasteiger partial charge is 0.321 e. The number of anilines is 1. The van der Waals surface area contributed by atoms with E-state index < -0.39 is 0 Å². The number of imidazole rings is 1. The monoisotopic (exact) mass is 368 g/mol. The van der Waals surface area contributed by atoms with Crippen molar-refractivity contribution in [3.8, 4) is 0 Å². The Kier molecular flexibility index (Phi) is 5.73. The summed E-state index contributed by atoms with van der Waals surface area (Å²) in [7, 11) is 1.80. The maximum atomic E-state index is 12.4. The Morgan fingerprint density at radius 3 is 2.88 bits per heavy atom. The number of carbonyl (C=O) groups is 1. The van der Waals surface area contributed by atoms with Crippen LogP contribution in [0.4, 0.5) is 10.5 Å². The number of carbonyl (C=O) groups excluding carboxylic acids is 1. The molecule has 0 spiro atoms. The Hall–Kier alpha value is -2.60. The van der Waals surface area contributed by atoms with E-state index in [1.54, 1.807) is 23.3 Å². The van der Waals surface area contributed by atoms with Crippen LogP contribution in [0.15, 0.2) is 54.2 Å². The van der Waals surface area contributed by atoms with Gasteiger partial charge in [0.25, 0.3) is 0 Å². The maximum absolute atomic E-state index is 12.4. The van der Waals surface area contributed by atoms with Gasteiger partial charge in [0.2, 0.25) is 0 Å². The number of hydrogen-bond donors (Lipinski definition) is 1. The van der Waals surface area contributed by atoms with Gasteiger partial charge in [-0.2, -0.15) is 0 Å². The standard InChI is InChI=1S/C20H24N4OS/c1-15(2)19-21-9-10-24(19)13-16-6-4-7-17(12-16)22-20(25)23(3)14-18-8-5-11-26-18/h4-12,15H,13-14H2,1-3H3,(H,22,25). The molecule has 2 heterocycles. The predicted octanol–water partition coefficient (Wildman–Crippen LogP) is 4.78. The normalized spacial score (nSPS) is 10.9. The van der Waals surface area contributed by atoms with Crippen molar-refractivity contribution in [3.05, 3.63) is 70.4 Å². The highest BCUT2D eigenvalue weighted by atomic mass is 32.1. The Balaban J connectivity index is 1.65. The van der Waals surface area contributed by atoms with Crippen LogP contribution in [0.5, 0.6) is 0 Å². The second-order valence-corrected chi connectivity index (χ2v) is 7.67. The number of benzene rings is 1. The van der Waals surface area contributed by atoms with E-state index in [1.165, 1.54) is 0 Å². The summed E-state index contributed by atoms with van der Waals surface area (Å²) in [5.41, 5.74) is 1.93. The van der Waals surface area contributed by atoms with Gasteiger partial charge in [-0.05, 0) is 29.1 Å². The van der Waals surface area contributed by atoms with E-state index in [0.717, 1.165) is 28.5 Å². The minimum atomic E-state index is -0.110. The van der Waals surface area contributed by atoms with Gasteiger partial charge < -0.3 is 14.8 Å². The lowest BCUT2D eigenvalue weighted by atomic mass is 10.1. The van der Waals surface area contributed by atoms with Crippen molar-refractivity contribution in [2.75, 3.05) is 12.4 Å². The third-order valence-corrected chi connectivity index (χ3v) is 4.98. The van der Waals surface area contributed by atoms with Crippen LogP contribution >= 0.6 is 11.3 Å². The van der Waals surface area contributed by atoms with Crippen LogP contribution in [-0.4, -0.2) is 27.5 Å². The molecule has 0 radical (unpaired) electrons. The van der Waals surface area contributed by atoms with Gasteiger partial charge in [-0.25, -0.2) is 9.78 Å². The number of aromatic nitrogens is 2. The molecule has 1 aromatic carbocycles. The fraction of sp³-hybridized carbons (Fsp3) is 0.300. The molecule has 0 saturated carbocycles. The Labute approximate surface area is 158 Å². The fourth-order valence-electron chi connectivity index (χ4n) is 2.83. The van der Waals surface area contributed by atoms with E-state index in [-0.39, 0.29) is 6.03 Å². The van der Waals surface area contributed by atoms with Gasteiger partial charge in [0.15, 0.2) is 0 Å². The lowest BCUT2D eigenvalue weighted by molar-refractivity contribution is 0.221. The van der Waals surface area contributed by atoms with Crippen LogP contribution in [0.3, 0.4) is 0 Å². The number of rotatable bonds is 6. The molecule has 0 aliphatic carbocycles. The van der Waals surface area contributed by atoms with Crippen molar-refractivity contribution < 1.29 is 4.79 Å². The molecule has 3 rings (SSSR count). The van der Waals surface area contributed by atoms with Gasteiger partial charge in [-0.1, -0.05) is 32.0 Å². The third-order valence-electron chi connectivity index (χ3n) is 4.12. The number of nitrogens with one attached hydrogen (secondary N) is 1. The number of amides is 2. The van der Waals surface area contributed by atoms with Crippen molar-refractivity contribution in [1.29, 1.82) is 0 Å². The molecule has 2 aromatic heterocycles. The van der Waals surface area contributed by atoms with Crippen LogP contribution in [0, 0.1) is 0 Å². The zero-order chi connectivity index (χ0) is 18.5. The van der Waals surface area contributed by atoms with Crippen molar-refractivity contribution >= 4 is 23.1 Å². The molecule has 2 amide bonds. The van der Waals surface area contributed by atoms with Crippen LogP contribution in [-0.2, 0) is 13.1 Å². The van der Waals surface area contributed by atoms with Crippen LogP contribution < -0.4 is 5.32 Å². The molecule has 6 heteroatoms. The SMILES string of the molecule is CC(C)c1nccn1Cc1cccc(NC(=O)N(C)Cc2cccs2)c1. The zero-order valence-electron chi connectivity index (χ0n) is 15.3. The summed E-state index contributed by atoms with van der Waals surface area (Å²) < 4.78 is 2.15. The molecule has 0 bridgehead atoms. The third kappa shape index (κ3) is 4.52. The fourth-order valence-corrected chi connectivity index (χ4v) is 3.58. The quantitative estimate of drug-likeness (QED) is 0.681. The molecule has 1 N–H and O–H groups in total. The van der Waals surface area contributed by atoms with Gasteiger partial charge in [0, 0.05) is 42.5 Å². The van der Waals surface area contributed by atoms with E-state index in [0.29, 0.717) is 12.5 Å². The Bertz CT molecular complexity index is 854. The predicted molar refractivity (Wildman–Crippen MR) is 107 cm³/mol. The first-order valence-corrected chi connectivity index (χ1v) is 9.55. The minimum Gasteiger partial charge on any atom is -0.330 e. The molecule has 0 atom stereocenters. The maximum Gasteiger partial charge on any atom is 0.321 e. The molecule has 0 saturated heterocycles. The Morgan fingerprint density at radius 2 is 2.15 bits per heavy atom. The molecular formula is C20H24N4OS. The van der Waals surface area contributed by atoms with Crippen LogP contribution in [0.1, 0.15) is 36.0 Å². The summed E-state index contributed by atoms with van der Waals surface area (Å²) in [6.45, 7) is 5.62. The van der Waals surface area contributed by atoms with Gasteiger partial charge >= 0.3 is 6.03 Å². The second kappa shape index (κ2) is 8.19. The number of thiophene rings is 1. The summed E-state index contributed by atoms with van der Waals surface area (Å²) >= 11 is 1.65. The number of urea groups is 1. The van der Waals surface area contributed by atoms with E-state index in [9.17, 15) is 4.79 Å². The lowest BCUT2D eigenvalue weighted by Crippen LogP contribution is -2.30. The molecule has 0 fully saturated rings. The van der Waals surface area contributed by atoms with Gasteiger partial charge in [-0.15, -0.1) is 11.3 Å². The van der Waals surface area contributed by atoms with Crippen LogP contribution in [0.25, 0.3) is 0 Å². The molecule has 136 valence electrons. The topological polar surface area (TPSA) is 50.2 Å². The Morgan fingerprint density at radius 1 is 1.31 bits per heavy atom. The first-order valence-electron chi connectivity index (χ1n) is 8.67. The summed E-state index contributed by atoms with van der Waals surface area (Å²) in [5, 5.41) is 5.00. The summed E-state index contributed by atoms with van der Waals surface area (Å²) in [6.07, 6.45) is 3.83. The first kappa shape index (κ1) is 18.2. The van der Waals surface area contributed by atoms with Gasteiger partial charge in [-0.3, -0.25) is 0 Å². The summed E-state index contributed by atoms with van der Waals surface area (Å²) in [5.74, 6) is 1.44. The van der Waals surface area contributed by atoms with E-state index in [1.807, 2.05) is 48.1 Å². The average molecular weight is 369 g/mol. The summed E-state index contributed by atoms with van der Waals surface area (Å²) in [6, 6.07) is 11.9. The number of hydrogen-bond acceptors (Lipinski definition) is 3. The average Bonchev–Trinajstić information content (AvgIpc) is 3.27. The van der Waals surface area contributed by atoms with Crippen molar-refractivity contribution in [2.24, 2.45) is 0 Å². The highest BCUT2D eigenvalue weighted by Gasteiger charge is 2.11. The van der Waals surface area contributed by atoms with E-state index in [2.05, 4.69) is 34.8 Å². The minimum absolute atomic E-state index is 0.110. The number of nitrogens with zero attached hydrogens (tertiary/aromatic N) is 3. The largest absolute Gasteiger partial charge is 0.330 e. The van der Waals surface area contributed by atoms with E-state index in [4.69, 9.17) is 0 Å². The van der Waals surface area contributed by atoms with Crippen LogP contribution in [0.2, 0.25) is 0 Å². The van der Waals surface area contributed by atoms with Crippen molar-refractivity contribution in [3.63, 3.8) is 0 Å². The van der Waals surface area contributed by atoms with Gasteiger partial charge in [0.1, 0.15) is 5.82 Å². The van der Waals surface area contributed by atoms with E-state index >= 15 is 0 Å². The molecule has 0 aliphatic rings. The summed E-state index contributed by atoms with van der Waals surface area (Å²) in [4.78, 5) is 19.7. The molecule has 3 aromatic rings. The molecular weight excluding hydrogens is 344 g/mol. The highest BCUT2D eigenvalue weighted by molar-refractivity contribution is 7.09. The lowest BCUT2D eigenvalue weighted by Gasteiger charge is -2.17. The zero-order valence-corrected chi connectivity index (χ0v) is 16.2. The first-order chi connectivity index (χ1) is 12.5. The highest BCUT2D eigenvalue weighted by Crippen LogP contribution is 2.17. The molecule has 0 aliphatic heterocycles. The van der Waals surface area contributed by atoms with Crippen molar-refractivity contribution in [2.45, 2.75) is 32.9 Å².